The highest BCUT2D eigenvalue weighted by Gasteiger charge is 2.13. The maximum atomic E-state index is 12.0. The summed E-state index contributed by atoms with van der Waals surface area (Å²) in [6, 6.07) is 3.68. The monoisotopic (exact) mass is 342 g/mol. The number of nitrogens with zero attached hydrogens (tertiary/aromatic N) is 1. The van der Waals surface area contributed by atoms with Crippen molar-refractivity contribution in [2.45, 2.75) is 26.7 Å². The topological polar surface area (TPSA) is 69.6 Å². The van der Waals surface area contributed by atoms with Crippen LogP contribution >= 0.6 is 15.9 Å². The predicted molar refractivity (Wildman–Crippen MR) is 82.1 cm³/mol. The average Bonchev–Trinajstić information content (AvgIpc) is 2.32. The van der Waals surface area contributed by atoms with Crippen LogP contribution in [-0.4, -0.2) is 35.6 Å². The van der Waals surface area contributed by atoms with Crippen LogP contribution in [-0.2, 0) is 4.79 Å². The Hall–Kier alpha value is -1.56. The number of hydrogen-bond donors (Lipinski definition) is 2. The van der Waals surface area contributed by atoms with E-state index in [9.17, 15) is 9.59 Å². The smallest absolute Gasteiger partial charge is 0.321 e. The molecule has 0 aliphatic heterocycles. The molecule has 0 aliphatic rings. The first kappa shape index (κ1) is 16.5. The van der Waals surface area contributed by atoms with E-state index in [1.807, 2.05) is 26.0 Å². The fourth-order valence-electron chi connectivity index (χ4n) is 1.85. The second kappa shape index (κ2) is 7.28. The van der Waals surface area contributed by atoms with Crippen molar-refractivity contribution in [3.05, 3.63) is 27.7 Å². The molecule has 0 radical (unpaired) electrons. The molecule has 0 heterocycles. The fourth-order valence-corrected chi connectivity index (χ4v) is 2.62. The lowest BCUT2D eigenvalue weighted by molar-refractivity contribution is -0.137. The summed E-state index contributed by atoms with van der Waals surface area (Å²) in [5.41, 5.74) is 2.83. The molecule has 0 atom stereocenters. The molecule has 110 valence electrons. The van der Waals surface area contributed by atoms with Crippen LogP contribution in [0.4, 0.5) is 10.5 Å². The number of benzene rings is 1. The van der Waals surface area contributed by atoms with Gasteiger partial charge in [-0.2, -0.15) is 0 Å². The molecule has 2 amide bonds. The van der Waals surface area contributed by atoms with Gasteiger partial charge in [0.2, 0.25) is 0 Å². The first-order chi connectivity index (χ1) is 9.31. The zero-order valence-electron chi connectivity index (χ0n) is 11.9. The Labute approximate surface area is 127 Å². The number of nitrogens with one attached hydrogen (secondary N) is 1. The van der Waals surface area contributed by atoms with Crippen LogP contribution in [0.15, 0.2) is 16.6 Å². The van der Waals surface area contributed by atoms with E-state index in [0.29, 0.717) is 13.0 Å². The standard InChI is InChI=1S/C14H19BrN2O3/c1-9-7-10(2)13(11(15)8-9)16-14(20)17(3)6-4-5-12(18)19/h7-8H,4-6H2,1-3H3,(H,16,20)(H,18,19). The quantitative estimate of drug-likeness (QED) is 0.861. The summed E-state index contributed by atoms with van der Waals surface area (Å²) in [5, 5.41) is 11.4. The number of carboxylic acid groups (broad SMARTS) is 1. The molecule has 5 nitrogen and oxygen atoms in total. The van der Waals surface area contributed by atoms with E-state index in [4.69, 9.17) is 5.11 Å². The Kier molecular flexibility index (Phi) is 6.01. The van der Waals surface area contributed by atoms with E-state index < -0.39 is 5.97 Å². The molecule has 0 fully saturated rings. The third-order valence-corrected chi connectivity index (χ3v) is 3.52. The van der Waals surface area contributed by atoms with Gasteiger partial charge in [0.05, 0.1) is 5.69 Å². The number of anilines is 1. The minimum Gasteiger partial charge on any atom is -0.481 e. The van der Waals surface area contributed by atoms with E-state index in [0.717, 1.165) is 21.3 Å². The second-order valence-electron chi connectivity index (χ2n) is 4.79. The van der Waals surface area contributed by atoms with Crippen LogP contribution in [0.2, 0.25) is 0 Å². The van der Waals surface area contributed by atoms with Crippen molar-refractivity contribution in [1.29, 1.82) is 0 Å². The Morgan fingerprint density at radius 3 is 2.55 bits per heavy atom. The number of amides is 2. The molecule has 0 aromatic heterocycles. The normalized spacial score (nSPS) is 10.2. The predicted octanol–water partition coefficient (Wildman–Crippen LogP) is 3.39. The van der Waals surface area contributed by atoms with Gasteiger partial charge in [-0.05, 0) is 53.4 Å². The van der Waals surface area contributed by atoms with Crippen molar-refractivity contribution >= 4 is 33.6 Å². The zero-order chi connectivity index (χ0) is 15.3. The molecule has 0 saturated carbocycles. The van der Waals surface area contributed by atoms with E-state index in [-0.39, 0.29) is 12.5 Å². The summed E-state index contributed by atoms with van der Waals surface area (Å²) < 4.78 is 0.835. The van der Waals surface area contributed by atoms with Gasteiger partial charge in [0.1, 0.15) is 0 Å². The van der Waals surface area contributed by atoms with Crippen LogP contribution in [0, 0.1) is 13.8 Å². The number of carbonyl (C=O) groups is 2. The lowest BCUT2D eigenvalue weighted by atomic mass is 10.1. The molecule has 0 saturated heterocycles. The van der Waals surface area contributed by atoms with Crippen LogP contribution in [0.25, 0.3) is 0 Å². The van der Waals surface area contributed by atoms with Crippen molar-refractivity contribution in [3.63, 3.8) is 0 Å². The number of halogens is 1. The van der Waals surface area contributed by atoms with Crippen molar-refractivity contribution in [3.8, 4) is 0 Å². The van der Waals surface area contributed by atoms with Gasteiger partial charge in [0, 0.05) is 24.5 Å². The van der Waals surface area contributed by atoms with Crippen molar-refractivity contribution in [2.75, 3.05) is 18.9 Å². The first-order valence-corrected chi connectivity index (χ1v) is 7.11. The van der Waals surface area contributed by atoms with Crippen molar-refractivity contribution in [1.82, 2.24) is 4.90 Å². The Morgan fingerprint density at radius 1 is 1.35 bits per heavy atom. The van der Waals surface area contributed by atoms with Crippen LogP contribution in [0.3, 0.4) is 0 Å². The lowest BCUT2D eigenvalue weighted by Gasteiger charge is -2.19. The number of aryl methyl sites for hydroxylation is 2. The van der Waals surface area contributed by atoms with E-state index in [1.165, 1.54) is 4.90 Å². The molecule has 1 aromatic rings. The highest BCUT2D eigenvalue weighted by Crippen LogP contribution is 2.27. The van der Waals surface area contributed by atoms with Gasteiger partial charge in [-0.15, -0.1) is 0 Å². The number of hydrogen-bond acceptors (Lipinski definition) is 2. The molecule has 0 bridgehead atoms. The maximum Gasteiger partial charge on any atom is 0.321 e. The first-order valence-electron chi connectivity index (χ1n) is 6.32. The molecule has 0 spiro atoms. The van der Waals surface area contributed by atoms with E-state index in [2.05, 4.69) is 21.2 Å². The highest BCUT2D eigenvalue weighted by molar-refractivity contribution is 9.10. The number of aliphatic carboxylic acids is 1. The summed E-state index contributed by atoms with van der Waals surface area (Å²) in [7, 11) is 1.65. The molecule has 2 N–H and O–H groups in total. The largest absolute Gasteiger partial charge is 0.481 e. The van der Waals surface area contributed by atoms with Crippen molar-refractivity contribution < 1.29 is 14.7 Å². The van der Waals surface area contributed by atoms with Gasteiger partial charge in [-0.3, -0.25) is 4.79 Å². The third kappa shape index (κ3) is 4.85. The van der Waals surface area contributed by atoms with Crippen LogP contribution in [0.5, 0.6) is 0 Å². The molecule has 0 aliphatic carbocycles. The van der Waals surface area contributed by atoms with Crippen LogP contribution in [0.1, 0.15) is 24.0 Å². The number of carboxylic acids is 1. The zero-order valence-corrected chi connectivity index (χ0v) is 13.5. The van der Waals surface area contributed by atoms with Gasteiger partial charge >= 0.3 is 12.0 Å². The van der Waals surface area contributed by atoms with E-state index >= 15 is 0 Å². The summed E-state index contributed by atoms with van der Waals surface area (Å²) >= 11 is 3.44. The average molecular weight is 343 g/mol. The Balaban J connectivity index is 2.64. The third-order valence-electron chi connectivity index (χ3n) is 2.89. The van der Waals surface area contributed by atoms with Gasteiger partial charge in [-0.1, -0.05) is 6.07 Å². The molecule has 1 aromatic carbocycles. The molecular weight excluding hydrogens is 324 g/mol. The Bertz CT molecular complexity index is 494. The molecule has 0 unspecified atom stereocenters. The van der Waals surface area contributed by atoms with Gasteiger partial charge in [-0.25, -0.2) is 4.79 Å². The van der Waals surface area contributed by atoms with Crippen LogP contribution < -0.4 is 5.32 Å². The van der Waals surface area contributed by atoms with Gasteiger partial charge < -0.3 is 15.3 Å². The minimum atomic E-state index is -0.851. The summed E-state index contributed by atoms with van der Waals surface area (Å²) in [6.07, 6.45) is 0.498. The summed E-state index contributed by atoms with van der Waals surface area (Å²) in [6.45, 7) is 4.32. The van der Waals surface area contributed by atoms with E-state index in [1.54, 1.807) is 7.05 Å². The number of rotatable bonds is 5. The molecule has 20 heavy (non-hydrogen) atoms. The fraction of sp³-hybridized carbons (Fsp3) is 0.429. The van der Waals surface area contributed by atoms with Crippen molar-refractivity contribution in [2.24, 2.45) is 0 Å². The SMILES string of the molecule is Cc1cc(C)c(NC(=O)N(C)CCCC(=O)O)c(Br)c1. The Morgan fingerprint density at radius 2 is 2.00 bits per heavy atom. The highest BCUT2D eigenvalue weighted by atomic mass is 79.9. The summed E-state index contributed by atoms with van der Waals surface area (Å²) in [4.78, 5) is 23.9. The second-order valence-corrected chi connectivity index (χ2v) is 5.64. The molecular formula is C14H19BrN2O3. The lowest BCUT2D eigenvalue weighted by Crippen LogP contribution is -2.32. The van der Waals surface area contributed by atoms with Gasteiger partial charge in [0.15, 0.2) is 0 Å². The number of carbonyl (C=O) groups excluding carboxylic acids is 1. The number of urea groups is 1. The van der Waals surface area contributed by atoms with Gasteiger partial charge in [0.25, 0.3) is 0 Å². The molecule has 6 heteroatoms. The summed E-state index contributed by atoms with van der Waals surface area (Å²) in [5.74, 6) is -0.851. The maximum absolute atomic E-state index is 12.0. The molecule has 1 rings (SSSR count). The minimum absolute atomic E-state index is 0.0604.